The van der Waals surface area contributed by atoms with Crippen LogP contribution in [0.4, 0.5) is 0 Å². The quantitative estimate of drug-likeness (QED) is 0.294. The first-order chi connectivity index (χ1) is 16.4. The Hall–Kier alpha value is -3.29. The molecule has 0 bridgehead atoms. The lowest BCUT2D eigenvalue weighted by molar-refractivity contribution is -0.139. The molecule has 1 aliphatic carbocycles. The second kappa shape index (κ2) is 12.3. The zero-order valence-electron chi connectivity index (χ0n) is 19.1. The number of benzene rings is 2. The number of carboxylic acid groups (broad SMARTS) is 1. The van der Waals surface area contributed by atoms with Gasteiger partial charge in [-0.05, 0) is 35.8 Å². The van der Waals surface area contributed by atoms with Gasteiger partial charge in [0.25, 0.3) is 0 Å². The van der Waals surface area contributed by atoms with Crippen LogP contribution < -0.4 is 0 Å². The Balaban J connectivity index is 1.71. The second-order valence-electron chi connectivity index (χ2n) is 8.45. The number of carboxylic acids is 1. The highest BCUT2D eigenvalue weighted by molar-refractivity contribution is 5.90. The molecule has 0 spiro atoms. The van der Waals surface area contributed by atoms with Crippen LogP contribution in [0.1, 0.15) is 36.0 Å². The van der Waals surface area contributed by atoms with Gasteiger partial charge in [0.1, 0.15) is 6.10 Å². The molecule has 34 heavy (non-hydrogen) atoms. The molecule has 4 atom stereocenters. The number of allylic oxidation sites excluding steroid dienone is 1. The fourth-order valence-corrected chi connectivity index (χ4v) is 4.30. The molecule has 1 fully saturated rings. The van der Waals surface area contributed by atoms with Crippen molar-refractivity contribution in [3.63, 3.8) is 0 Å². The molecular weight excluding hydrogens is 436 g/mol. The molecule has 1 aliphatic rings. The molecule has 0 amide bonds. The summed E-state index contributed by atoms with van der Waals surface area (Å²) in [5.74, 6) is -2.98. The normalized spacial score (nSPS) is 22.1. The Morgan fingerprint density at radius 1 is 1.03 bits per heavy atom. The lowest BCUT2D eigenvalue weighted by atomic mass is 9.90. The second-order valence-corrected chi connectivity index (χ2v) is 8.45. The summed E-state index contributed by atoms with van der Waals surface area (Å²) >= 11 is 0. The summed E-state index contributed by atoms with van der Waals surface area (Å²) in [5.41, 5.74) is 2.34. The van der Waals surface area contributed by atoms with Crippen LogP contribution in [0.15, 0.2) is 66.7 Å². The minimum Gasteiger partial charge on any atom is -0.481 e. The van der Waals surface area contributed by atoms with Crippen molar-refractivity contribution >= 4 is 17.7 Å². The molecular formula is C27H30O7. The van der Waals surface area contributed by atoms with Crippen LogP contribution in [0, 0.1) is 11.8 Å². The predicted molar refractivity (Wildman–Crippen MR) is 126 cm³/mol. The molecule has 3 rings (SSSR count). The molecule has 7 nitrogen and oxygen atoms in total. The van der Waals surface area contributed by atoms with Crippen molar-refractivity contribution in [1.82, 2.24) is 0 Å². The van der Waals surface area contributed by atoms with E-state index in [-0.39, 0.29) is 18.6 Å². The molecule has 0 aromatic heterocycles. The number of ether oxygens (including phenoxy) is 2. The van der Waals surface area contributed by atoms with Crippen molar-refractivity contribution in [2.75, 3.05) is 13.7 Å². The Morgan fingerprint density at radius 2 is 1.71 bits per heavy atom. The van der Waals surface area contributed by atoms with E-state index in [2.05, 4.69) is 0 Å². The number of hydrogen-bond acceptors (Lipinski definition) is 6. The van der Waals surface area contributed by atoms with Gasteiger partial charge in [0.15, 0.2) is 5.78 Å². The van der Waals surface area contributed by atoms with Crippen LogP contribution >= 0.6 is 0 Å². The van der Waals surface area contributed by atoms with Gasteiger partial charge in [0, 0.05) is 38.4 Å². The summed E-state index contributed by atoms with van der Waals surface area (Å²) < 4.78 is 10.6. The van der Waals surface area contributed by atoms with E-state index in [0.717, 1.165) is 11.1 Å². The van der Waals surface area contributed by atoms with Gasteiger partial charge >= 0.3 is 11.9 Å². The molecule has 0 heterocycles. The van der Waals surface area contributed by atoms with Crippen molar-refractivity contribution in [3.8, 4) is 11.1 Å². The Kier molecular flexibility index (Phi) is 9.13. The van der Waals surface area contributed by atoms with Gasteiger partial charge in [-0.1, -0.05) is 48.5 Å². The lowest BCUT2D eigenvalue weighted by Crippen LogP contribution is -2.26. The number of aliphatic hydroxyl groups is 1. The average Bonchev–Trinajstić information content (AvgIpc) is 3.11. The highest BCUT2D eigenvalue weighted by Gasteiger charge is 2.44. The van der Waals surface area contributed by atoms with E-state index in [1.165, 1.54) is 6.08 Å². The number of carbonyl (C=O) groups is 3. The first-order valence-electron chi connectivity index (χ1n) is 11.4. The van der Waals surface area contributed by atoms with Crippen LogP contribution in [-0.2, 0) is 19.1 Å². The van der Waals surface area contributed by atoms with Gasteiger partial charge in [-0.3, -0.25) is 9.59 Å². The smallest absolute Gasteiger partial charge is 0.338 e. The number of aliphatic hydroxyl groups excluding tert-OH is 1. The third-order valence-corrected chi connectivity index (χ3v) is 6.06. The number of rotatable bonds is 11. The van der Waals surface area contributed by atoms with Crippen molar-refractivity contribution in [1.29, 1.82) is 0 Å². The summed E-state index contributed by atoms with van der Waals surface area (Å²) in [6, 6.07) is 16.8. The van der Waals surface area contributed by atoms with Crippen LogP contribution in [-0.4, -0.2) is 53.9 Å². The highest BCUT2D eigenvalue weighted by atomic mass is 16.5. The maximum absolute atomic E-state index is 12.8. The molecule has 2 N–H and O–H groups in total. The maximum atomic E-state index is 12.8. The van der Waals surface area contributed by atoms with Crippen LogP contribution in [0.2, 0.25) is 0 Å². The monoisotopic (exact) mass is 466 g/mol. The minimum atomic E-state index is -1.06. The van der Waals surface area contributed by atoms with Crippen molar-refractivity contribution in [2.24, 2.45) is 11.8 Å². The van der Waals surface area contributed by atoms with Gasteiger partial charge < -0.3 is 19.7 Å². The molecule has 0 radical (unpaired) electrons. The molecule has 2 aromatic carbocycles. The number of carbonyl (C=O) groups excluding carboxylic acids is 2. The van der Waals surface area contributed by atoms with Crippen LogP contribution in [0.5, 0.6) is 0 Å². The van der Waals surface area contributed by atoms with Crippen LogP contribution in [0.3, 0.4) is 0 Å². The van der Waals surface area contributed by atoms with Gasteiger partial charge in [-0.25, -0.2) is 4.79 Å². The predicted octanol–water partition coefficient (Wildman–Crippen LogP) is 3.90. The molecule has 0 unspecified atom stereocenters. The van der Waals surface area contributed by atoms with E-state index in [0.29, 0.717) is 25.0 Å². The number of methoxy groups -OCH3 is 1. The molecule has 180 valence electrons. The summed E-state index contributed by atoms with van der Waals surface area (Å²) in [6.07, 6.45) is 1.98. The van der Waals surface area contributed by atoms with E-state index in [9.17, 15) is 24.6 Å². The first-order valence-corrected chi connectivity index (χ1v) is 11.4. The molecule has 0 saturated heterocycles. The lowest BCUT2D eigenvalue weighted by Gasteiger charge is -2.21. The van der Waals surface area contributed by atoms with E-state index >= 15 is 0 Å². The number of aliphatic carboxylic acids is 1. The summed E-state index contributed by atoms with van der Waals surface area (Å²) in [4.78, 5) is 36.3. The molecule has 0 aliphatic heterocycles. The highest BCUT2D eigenvalue weighted by Crippen LogP contribution is 2.38. The largest absolute Gasteiger partial charge is 0.481 e. The Morgan fingerprint density at radius 3 is 2.35 bits per heavy atom. The van der Waals surface area contributed by atoms with Gasteiger partial charge in [-0.15, -0.1) is 0 Å². The zero-order valence-corrected chi connectivity index (χ0v) is 19.1. The van der Waals surface area contributed by atoms with Crippen molar-refractivity contribution in [2.45, 2.75) is 37.9 Å². The Bertz CT molecular complexity index is 997. The summed E-state index contributed by atoms with van der Waals surface area (Å²) in [6.45, 7) is 0.465. The Labute approximate surface area is 199 Å². The number of esters is 1. The molecule has 7 heteroatoms. The summed E-state index contributed by atoms with van der Waals surface area (Å²) in [5, 5.41) is 19.7. The summed E-state index contributed by atoms with van der Waals surface area (Å²) in [7, 11) is 1.56. The van der Waals surface area contributed by atoms with Crippen molar-refractivity contribution < 1.29 is 34.1 Å². The average molecular weight is 467 g/mol. The van der Waals surface area contributed by atoms with Gasteiger partial charge in [0.05, 0.1) is 18.1 Å². The zero-order chi connectivity index (χ0) is 24.5. The van der Waals surface area contributed by atoms with E-state index in [4.69, 9.17) is 9.47 Å². The molecule has 1 saturated carbocycles. The third-order valence-electron chi connectivity index (χ3n) is 6.06. The van der Waals surface area contributed by atoms with E-state index < -0.39 is 36.0 Å². The standard InChI is InChI=1S/C27H30O7/c1-33-15-5-8-21(28)13-14-22-23(16-26(30)31)24(29)17-25(22)34-27(32)20-11-9-19(10-12-20)18-6-3-2-4-7-18/h2-4,6-7,9-14,22-25,29H,5,8,15-17H2,1H3,(H,30,31)/t22-,23-,24+,25-/m0/s1. The fraction of sp³-hybridized carbons (Fsp3) is 0.370. The first kappa shape index (κ1) is 25.3. The SMILES string of the molecule is COCCCC(=O)C=C[C@H]1[C@H](CC(=O)O)[C@H](O)C[C@@H]1OC(=O)c1ccc(-c2ccccc2)cc1. The fourth-order valence-electron chi connectivity index (χ4n) is 4.30. The maximum Gasteiger partial charge on any atom is 0.338 e. The number of hydrogen-bond donors (Lipinski definition) is 2. The van der Waals surface area contributed by atoms with E-state index in [1.807, 2.05) is 42.5 Å². The van der Waals surface area contributed by atoms with E-state index in [1.54, 1.807) is 25.3 Å². The molecule has 2 aromatic rings. The van der Waals surface area contributed by atoms with Crippen LogP contribution in [0.25, 0.3) is 11.1 Å². The van der Waals surface area contributed by atoms with Crippen molar-refractivity contribution in [3.05, 3.63) is 72.3 Å². The third kappa shape index (κ3) is 6.85. The topological polar surface area (TPSA) is 110 Å². The number of ketones is 1. The van der Waals surface area contributed by atoms with Gasteiger partial charge in [0.2, 0.25) is 0 Å². The minimum absolute atomic E-state index is 0.110. The van der Waals surface area contributed by atoms with Gasteiger partial charge in [-0.2, -0.15) is 0 Å².